The van der Waals surface area contributed by atoms with Gasteiger partial charge in [-0.3, -0.25) is 0 Å². The number of nitrogens with two attached hydrogens (primary N) is 1. The molecule has 2 atom stereocenters. The highest BCUT2D eigenvalue weighted by molar-refractivity contribution is 6.30. The summed E-state index contributed by atoms with van der Waals surface area (Å²) >= 11 is 5.66. The Morgan fingerprint density at radius 1 is 1.15 bits per heavy atom. The summed E-state index contributed by atoms with van der Waals surface area (Å²) in [4.78, 5) is 0. The van der Waals surface area contributed by atoms with Crippen LogP contribution in [0, 0.1) is 12.7 Å². The number of halogens is 2. The molecule has 0 bridgehead atoms. The van der Waals surface area contributed by atoms with E-state index in [9.17, 15) is 4.39 Å². The van der Waals surface area contributed by atoms with Crippen molar-refractivity contribution in [1.82, 2.24) is 0 Å². The van der Waals surface area contributed by atoms with Crippen molar-refractivity contribution >= 4 is 11.6 Å². The van der Waals surface area contributed by atoms with E-state index in [1.165, 1.54) is 12.1 Å². The van der Waals surface area contributed by atoms with Gasteiger partial charge in [0.2, 0.25) is 0 Å². The van der Waals surface area contributed by atoms with Gasteiger partial charge in [0.25, 0.3) is 0 Å². The minimum atomic E-state index is -0.503. The van der Waals surface area contributed by atoms with Crippen molar-refractivity contribution in [2.45, 2.75) is 26.0 Å². The second kappa shape index (κ2) is 6.25. The molecule has 0 saturated heterocycles. The summed E-state index contributed by atoms with van der Waals surface area (Å²) in [6, 6.07) is 12.1. The molecule has 0 fully saturated rings. The Balaban J connectivity index is 2.25. The number of hydrogen-bond donors (Lipinski definition) is 1. The molecule has 0 spiro atoms. The van der Waals surface area contributed by atoms with Crippen molar-refractivity contribution in [2.75, 3.05) is 0 Å². The van der Waals surface area contributed by atoms with E-state index in [-0.39, 0.29) is 17.2 Å². The molecular formula is C16H17ClFNO. The minimum absolute atomic E-state index is 0.0741. The van der Waals surface area contributed by atoms with E-state index in [2.05, 4.69) is 0 Å². The van der Waals surface area contributed by atoms with Crippen molar-refractivity contribution in [3.63, 3.8) is 0 Å². The van der Waals surface area contributed by atoms with Crippen LogP contribution in [0.25, 0.3) is 0 Å². The fraction of sp³-hybridized carbons (Fsp3) is 0.250. The molecule has 0 amide bonds. The number of rotatable bonds is 4. The molecule has 0 aliphatic carbocycles. The number of aryl methyl sites for hydroxylation is 1. The molecule has 2 N–H and O–H groups in total. The van der Waals surface area contributed by atoms with Crippen LogP contribution in [-0.4, -0.2) is 6.04 Å². The van der Waals surface area contributed by atoms with Crippen LogP contribution >= 0.6 is 11.6 Å². The molecule has 2 aromatic rings. The first-order valence-electron chi connectivity index (χ1n) is 6.41. The minimum Gasteiger partial charge on any atom is -0.484 e. The normalized spacial score (nSPS) is 13.8. The molecule has 0 aliphatic rings. The first kappa shape index (κ1) is 14.8. The van der Waals surface area contributed by atoms with Crippen LogP contribution in [0.3, 0.4) is 0 Å². The topological polar surface area (TPSA) is 35.2 Å². The molecule has 2 rings (SSSR count). The SMILES string of the molecule is Cc1ccc(C(Oc2ccc(Cl)c(F)c2)C(C)N)cc1. The van der Waals surface area contributed by atoms with E-state index < -0.39 is 5.82 Å². The molecule has 0 radical (unpaired) electrons. The van der Waals surface area contributed by atoms with Crippen molar-refractivity contribution < 1.29 is 9.13 Å². The van der Waals surface area contributed by atoms with Gasteiger partial charge in [-0.05, 0) is 31.5 Å². The summed E-state index contributed by atoms with van der Waals surface area (Å²) in [6.07, 6.45) is -0.337. The molecule has 2 aromatic carbocycles. The van der Waals surface area contributed by atoms with Gasteiger partial charge in [-0.25, -0.2) is 4.39 Å². The van der Waals surface area contributed by atoms with E-state index in [4.69, 9.17) is 22.1 Å². The van der Waals surface area contributed by atoms with Gasteiger partial charge in [-0.1, -0.05) is 41.4 Å². The smallest absolute Gasteiger partial charge is 0.145 e. The van der Waals surface area contributed by atoms with Crippen LogP contribution in [0.15, 0.2) is 42.5 Å². The summed E-state index contributed by atoms with van der Waals surface area (Å²) in [7, 11) is 0. The van der Waals surface area contributed by atoms with Gasteiger partial charge >= 0.3 is 0 Å². The van der Waals surface area contributed by atoms with E-state index in [1.807, 2.05) is 38.1 Å². The highest BCUT2D eigenvalue weighted by Crippen LogP contribution is 2.27. The van der Waals surface area contributed by atoms with Crippen molar-refractivity contribution in [3.05, 3.63) is 64.4 Å². The third-order valence-electron chi connectivity index (χ3n) is 3.04. The Hall–Kier alpha value is -1.58. The Morgan fingerprint density at radius 3 is 2.35 bits per heavy atom. The third-order valence-corrected chi connectivity index (χ3v) is 3.34. The maximum absolute atomic E-state index is 13.4. The van der Waals surface area contributed by atoms with Gasteiger partial charge in [-0.2, -0.15) is 0 Å². The van der Waals surface area contributed by atoms with Gasteiger partial charge in [0.05, 0.1) is 5.02 Å². The number of hydrogen-bond acceptors (Lipinski definition) is 2. The Morgan fingerprint density at radius 2 is 1.80 bits per heavy atom. The third kappa shape index (κ3) is 3.50. The van der Waals surface area contributed by atoms with Crippen molar-refractivity contribution in [1.29, 1.82) is 0 Å². The standard InChI is InChI=1S/C16H17ClFNO/c1-10-3-5-12(6-4-10)16(11(2)19)20-13-7-8-14(17)15(18)9-13/h3-9,11,16H,19H2,1-2H3. The summed E-state index contributed by atoms with van der Waals surface area (Å²) in [5, 5.41) is 0.0741. The summed E-state index contributed by atoms with van der Waals surface area (Å²) in [5.74, 6) is -0.0914. The quantitative estimate of drug-likeness (QED) is 0.914. The van der Waals surface area contributed by atoms with Gasteiger partial charge in [-0.15, -0.1) is 0 Å². The number of ether oxygens (including phenoxy) is 1. The van der Waals surface area contributed by atoms with Crippen molar-refractivity contribution in [2.24, 2.45) is 5.73 Å². The van der Waals surface area contributed by atoms with Crippen LogP contribution in [0.1, 0.15) is 24.2 Å². The molecule has 0 aliphatic heterocycles. The maximum atomic E-state index is 13.4. The second-order valence-electron chi connectivity index (χ2n) is 4.88. The fourth-order valence-electron chi connectivity index (χ4n) is 1.93. The predicted molar refractivity (Wildman–Crippen MR) is 79.6 cm³/mol. The average Bonchev–Trinajstić information content (AvgIpc) is 2.41. The van der Waals surface area contributed by atoms with Crippen LogP contribution in [0.2, 0.25) is 5.02 Å². The van der Waals surface area contributed by atoms with Crippen LogP contribution in [0.5, 0.6) is 5.75 Å². The summed E-state index contributed by atoms with van der Waals surface area (Å²) < 4.78 is 19.3. The van der Waals surface area contributed by atoms with E-state index in [1.54, 1.807) is 6.07 Å². The summed E-state index contributed by atoms with van der Waals surface area (Å²) in [5.41, 5.74) is 8.10. The molecule has 0 saturated carbocycles. The molecule has 0 aromatic heterocycles. The fourth-order valence-corrected chi connectivity index (χ4v) is 2.05. The van der Waals surface area contributed by atoms with Gasteiger partial charge in [0.15, 0.2) is 0 Å². The number of benzene rings is 2. The first-order valence-corrected chi connectivity index (χ1v) is 6.79. The van der Waals surface area contributed by atoms with Crippen molar-refractivity contribution in [3.8, 4) is 5.75 Å². The van der Waals surface area contributed by atoms with E-state index in [0.717, 1.165) is 11.1 Å². The lowest BCUT2D eigenvalue weighted by Crippen LogP contribution is -2.29. The molecule has 2 nitrogen and oxygen atoms in total. The highest BCUT2D eigenvalue weighted by Gasteiger charge is 2.18. The lowest BCUT2D eigenvalue weighted by molar-refractivity contribution is 0.180. The summed E-state index contributed by atoms with van der Waals surface area (Å²) in [6.45, 7) is 3.87. The Labute approximate surface area is 123 Å². The average molecular weight is 294 g/mol. The van der Waals surface area contributed by atoms with E-state index in [0.29, 0.717) is 5.75 Å². The second-order valence-corrected chi connectivity index (χ2v) is 5.29. The van der Waals surface area contributed by atoms with Gasteiger partial charge in [0.1, 0.15) is 17.7 Å². The molecule has 4 heteroatoms. The zero-order valence-corrected chi connectivity index (χ0v) is 12.2. The Kier molecular flexibility index (Phi) is 4.63. The molecule has 106 valence electrons. The van der Waals surface area contributed by atoms with Gasteiger partial charge < -0.3 is 10.5 Å². The molecule has 0 heterocycles. The first-order chi connectivity index (χ1) is 9.47. The Bertz CT molecular complexity index is 584. The maximum Gasteiger partial charge on any atom is 0.145 e. The highest BCUT2D eigenvalue weighted by atomic mass is 35.5. The largest absolute Gasteiger partial charge is 0.484 e. The zero-order valence-electron chi connectivity index (χ0n) is 11.4. The van der Waals surface area contributed by atoms with E-state index >= 15 is 0 Å². The van der Waals surface area contributed by atoms with Crippen LogP contribution in [-0.2, 0) is 0 Å². The lowest BCUT2D eigenvalue weighted by Gasteiger charge is -2.23. The van der Waals surface area contributed by atoms with Crippen LogP contribution in [0.4, 0.5) is 4.39 Å². The molecular weight excluding hydrogens is 277 g/mol. The molecule has 20 heavy (non-hydrogen) atoms. The molecule has 2 unspecified atom stereocenters. The van der Waals surface area contributed by atoms with Gasteiger partial charge in [0, 0.05) is 12.1 Å². The van der Waals surface area contributed by atoms with Crippen LogP contribution < -0.4 is 10.5 Å². The zero-order chi connectivity index (χ0) is 14.7. The predicted octanol–water partition coefficient (Wildman–Crippen LogP) is 4.25. The monoisotopic (exact) mass is 293 g/mol. The lowest BCUT2D eigenvalue weighted by atomic mass is 10.0.